The number of rotatable bonds is 5. The molecule has 0 bridgehead atoms. The van der Waals surface area contributed by atoms with E-state index in [0.717, 1.165) is 17.7 Å². The van der Waals surface area contributed by atoms with Crippen molar-refractivity contribution in [2.45, 2.75) is 6.42 Å². The second kappa shape index (κ2) is 7.12. The fourth-order valence-electron chi connectivity index (χ4n) is 2.62. The van der Waals surface area contributed by atoms with Gasteiger partial charge in [-0.15, -0.1) is 0 Å². The van der Waals surface area contributed by atoms with Crippen molar-refractivity contribution in [2.24, 2.45) is 0 Å². The van der Waals surface area contributed by atoms with Crippen molar-refractivity contribution in [3.63, 3.8) is 0 Å². The maximum absolute atomic E-state index is 13.4. The first-order valence-corrected chi connectivity index (χ1v) is 7.67. The van der Waals surface area contributed by atoms with Crippen molar-refractivity contribution in [3.8, 4) is 5.75 Å². The average molecular weight is 328 g/mol. The molecule has 2 aromatic rings. The molecule has 1 N–H and O–H groups in total. The number of carbonyl (C=O) groups is 2. The predicted molar refractivity (Wildman–Crippen MR) is 87.4 cm³/mol. The Labute approximate surface area is 139 Å². The number of nitrogens with zero attached hydrogens (tertiary/aromatic N) is 1. The second-order valence-corrected chi connectivity index (χ2v) is 5.42. The molecule has 0 aliphatic carbocycles. The maximum Gasteiger partial charge on any atom is 0.258 e. The Hall–Kier alpha value is -2.89. The molecule has 0 saturated carbocycles. The lowest BCUT2D eigenvalue weighted by Crippen LogP contribution is -2.41. The molecule has 0 aromatic heterocycles. The number of hydrogen-bond donors (Lipinski definition) is 1. The van der Waals surface area contributed by atoms with Crippen LogP contribution < -0.4 is 15.0 Å². The minimum atomic E-state index is -0.532. The minimum Gasteiger partial charge on any atom is -0.481 e. The van der Waals surface area contributed by atoms with Crippen molar-refractivity contribution in [1.82, 2.24) is 5.32 Å². The van der Waals surface area contributed by atoms with E-state index in [2.05, 4.69) is 5.32 Å². The summed E-state index contributed by atoms with van der Waals surface area (Å²) >= 11 is 0. The van der Waals surface area contributed by atoms with Crippen molar-refractivity contribution < 1.29 is 18.7 Å². The molecule has 1 aliphatic heterocycles. The molecule has 0 spiro atoms. The van der Waals surface area contributed by atoms with E-state index in [4.69, 9.17) is 4.74 Å². The van der Waals surface area contributed by atoms with Crippen LogP contribution in [0.5, 0.6) is 5.75 Å². The molecule has 124 valence electrons. The van der Waals surface area contributed by atoms with Crippen LogP contribution in [0.4, 0.5) is 10.1 Å². The number of nitrogens with one attached hydrogen (secondary N) is 1. The number of hydrogen-bond acceptors (Lipinski definition) is 3. The van der Waals surface area contributed by atoms with Crippen LogP contribution >= 0.6 is 0 Å². The van der Waals surface area contributed by atoms with Gasteiger partial charge in [-0.2, -0.15) is 0 Å². The summed E-state index contributed by atoms with van der Waals surface area (Å²) < 4.78 is 18.5. The van der Waals surface area contributed by atoms with Gasteiger partial charge in [-0.25, -0.2) is 4.39 Å². The summed E-state index contributed by atoms with van der Waals surface area (Å²) in [5.74, 6) is -1.18. The lowest BCUT2D eigenvalue weighted by molar-refractivity contribution is -0.126. The quantitative estimate of drug-likeness (QED) is 0.912. The number of benzene rings is 2. The van der Waals surface area contributed by atoms with Gasteiger partial charge in [0.25, 0.3) is 5.91 Å². The fourth-order valence-corrected chi connectivity index (χ4v) is 2.62. The van der Waals surface area contributed by atoms with Crippen LogP contribution in [-0.2, 0) is 16.0 Å². The lowest BCUT2D eigenvalue weighted by atomic mass is 10.2. The van der Waals surface area contributed by atoms with Crippen molar-refractivity contribution in [3.05, 3.63) is 59.9 Å². The monoisotopic (exact) mass is 328 g/mol. The van der Waals surface area contributed by atoms with E-state index in [1.807, 2.05) is 24.3 Å². The number of fused-ring (bicyclic) bond motifs is 1. The number of para-hydroxylation sites is 2. The second-order valence-electron chi connectivity index (χ2n) is 5.42. The van der Waals surface area contributed by atoms with Crippen LogP contribution in [0, 0.1) is 5.82 Å². The Morgan fingerprint density at radius 2 is 1.88 bits per heavy atom. The van der Waals surface area contributed by atoms with Gasteiger partial charge in [0.15, 0.2) is 18.2 Å². The number of ether oxygens (including phenoxy) is 1. The summed E-state index contributed by atoms with van der Waals surface area (Å²) in [6, 6.07) is 13.5. The Balaban J connectivity index is 1.48. The number of anilines is 1. The van der Waals surface area contributed by atoms with Crippen LogP contribution in [0.15, 0.2) is 48.5 Å². The first-order chi connectivity index (χ1) is 11.6. The summed E-state index contributed by atoms with van der Waals surface area (Å²) in [5.41, 5.74) is 2.01. The highest BCUT2D eigenvalue weighted by atomic mass is 19.1. The van der Waals surface area contributed by atoms with E-state index in [-0.39, 0.29) is 24.8 Å². The largest absolute Gasteiger partial charge is 0.481 e. The van der Waals surface area contributed by atoms with E-state index in [1.54, 1.807) is 11.0 Å². The van der Waals surface area contributed by atoms with Crippen molar-refractivity contribution in [2.75, 3.05) is 24.6 Å². The first-order valence-electron chi connectivity index (χ1n) is 7.67. The molecule has 3 rings (SSSR count). The molecule has 0 unspecified atom stereocenters. The average Bonchev–Trinajstić information content (AvgIpc) is 3.03. The SMILES string of the molecule is O=C(COc1ccccc1F)NCC(=O)N1CCc2ccccc21. The lowest BCUT2D eigenvalue weighted by Gasteiger charge is -2.17. The van der Waals surface area contributed by atoms with Crippen LogP contribution in [0.3, 0.4) is 0 Å². The Kier molecular flexibility index (Phi) is 4.74. The van der Waals surface area contributed by atoms with Crippen LogP contribution in [-0.4, -0.2) is 31.5 Å². The number of carbonyl (C=O) groups excluding carboxylic acids is 2. The van der Waals surface area contributed by atoms with Gasteiger partial charge in [0.1, 0.15) is 0 Å². The normalized spacial score (nSPS) is 12.6. The molecule has 1 aliphatic rings. The molecule has 2 aromatic carbocycles. The molecule has 0 saturated heterocycles. The van der Waals surface area contributed by atoms with E-state index < -0.39 is 11.7 Å². The molecule has 1 heterocycles. The van der Waals surface area contributed by atoms with E-state index in [0.29, 0.717) is 6.54 Å². The highest BCUT2D eigenvalue weighted by Gasteiger charge is 2.24. The van der Waals surface area contributed by atoms with Gasteiger partial charge in [-0.05, 0) is 30.2 Å². The van der Waals surface area contributed by atoms with Crippen LogP contribution in [0.1, 0.15) is 5.56 Å². The minimum absolute atomic E-state index is 0.00690. The van der Waals surface area contributed by atoms with Crippen LogP contribution in [0.25, 0.3) is 0 Å². The van der Waals surface area contributed by atoms with E-state index in [1.165, 1.54) is 18.2 Å². The summed E-state index contributed by atoms with van der Waals surface area (Å²) in [5, 5.41) is 2.50. The molecule has 2 amide bonds. The highest BCUT2D eigenvalue weighted by Crippen LogP contribution is 2.27. The topological polar surface area (TPSA) is 58.6 Å². The Morgan fingerprint density at radius 1 is 1.12 bits per heavy atom. The van der Waals surface area contributed by atoms with E-state index in [9.17, 15) is 14.0 Å². The van der Waals surface area contributed by atoms with Gasteiger partial charge in [0.2, 0.25) is 5.91 Å². The summed E-state index contributed by atoms with van der Waals surface area (Å²) in [6.07, 6.45) is 0.812. The third kappa shape index (κ3) is 3.53. The number of halogens is 1. The first kappa shape index (κ1) is 16.0. The zero-order valence-electron chi connectivity index (χ0n) is 13.0. The molecule has 0 radical (unpaired) electrons. The third-order valence-electron chi connectivity index (χ3n) is 3.82. The van der Waals surface area contributed by atoms with Crippen molar-refractivity contribution >= 4 is 17.5 Å². The summed E-state index contributed by atoms with van der Waals surface area (Å²) in [6.45, 7) is 0.151. The summed E-state index contributed by atoms with van der Waals surface area (Å²) in [7, 11) is 0. The van der Waals surface area contributed by atoms with Gasteiger partial charge in [-0.3, -0.25) is 9.59 Å². The van der Waals surface area contributed by atoms with Gasteiger partial charge in [0, 0.05) is 12.2 Å². The third-order valence-corrected chi connectivity index (χ3v) is 3.82. The molecule has 5 nitrogen and oxygen atoms in total. The molecule has 24 heavy (non-hydrogen) atoms. The van der Waals surface area contributed by atoms with Crippen molar-refractivity contribution in [1.29, 1.82) is 0 Å². The van der Waals surface area contributed by atoms with Gasteiger partial charge < -0.3 is 15.0 Å². The maximum atomic E-state index is 13.4. The molecule has 0 fully saturated rings. The molecule has 6 heteroatoms. The molecular formula is C18H17FN2O3. The highest BCUT2D eigenvalue weighted by molar-refractivity contribution is 5.98. The summed E-state index contributed by atoms with van der Waals surface area (Å²) in [4.78, 5) is 25.7. The van der Waals surface area contributed by atoms with Gasteiger partial charge >= 0.3 is 0 Å². The van der Waals surface area contributed by atoms with Crippen LogP contribution in [0.2, 0.25) is 0 Å². The molecular weight excluding hydrogens is 311 g/mol. The standard InChI is InChI=1S/C18H17FN2O3/c19-14-6-2-4-8-16(14)24-12-17(22)20-11-18(23)21-10-9-13-5-1-3-7-15(13)21/h1-8H,9-12H2,(H,20,22). The predicted octanol–water partition coefficient (Wildman–Crippen LogP) is 1.91. The van der Waals surface area contributed by atoms with E-state index >= 15 is 0 Å². The molecule has 0 atom stereocenters. The Morgan fingerprint density at radius 3 is 2.71 bits per heavy atom. The zero-order chi connectivity index (χ0) is 16.9. The Bertz CT molecular complexity index is 763. The van der Waals surface area contributed by atoms with Gasteiger partial charge in [0.05, 0.1) is 6.54 Å². The fraction of sp³-hybridized carbons (Fsp3) is 0.222. The number of amides is 2. The zero-order valence-corrected chi connectivity index (χ0v) is 13.0. The smallest absolute Gasteiger partial charge is 0.258 e. The van der Waals surface area contributed by atoms with Gasteiger partial charge in [-0.1, -0.05) is 30.3 Å².